The number of rotatable bonds is 2. The smallest absolute Gasteiger partial charge is 0.415 e. The van der Waals surface area contributed by atoms with Crippen molar-refractivity contribution in [3.63, 3.8) is 0 Å². The van der Waals surface area contributed by atoms with Gasteiger partial charge in [-0.1, -0.05) is 12.8 Å². The van der Waals surface area contributed by atoms with Gasteiger partial charge in [0, 0.05) is 19.2 Å². The summed E-state index contributed by atoms with van der Waals surface area (Å²) in [4.78, 5) is 25.4. The van der Waals surface area contributed by atoms with Crippen molar-refractivity contribution in [1.82, 2.24) is 4.90 Å². The SMILES string of the molecule is CN(C(=O)Oc1ccc(=O)oc1)C1CCC2C(CCC3C4CCCC4CCC23)C1. The number of hydrogen-bond donors (Lipinski definition) is 0. The van der Waals surface area contributed by atoms with E-state index in [0.717, 1.165) is 48.3 Å². The largest absolute Gasteiger partial charge is 0.427 e. The summed E-state index contributed by atoms with van der Waals surface area (Å²) in [7, 11) is 1.85. The molecule has 0 spiro atoms. The van der Waals surface area contributed by atoms with E-state index in [1.54, 1.807) is 4.90 Å². The van der Waals surface area contributed by atoms with Gasteiger partial charge >= 0.3 is 11.7 Å². The van der Waals surface area contributed by atoms with Crippen molar-refractivity contribution >= 4 is 6.09 Å². The van der Waals surface area contributed by atoms with Crippen molar-refractivity contribution in [1.29, 1.82) is 0 Å². The van der Waals surface area contributed by atoms with Crippen molar-refractivity contribution in [2.24, 2.45) is 35.5 Å². The maximum Gasteiger partial charge on any atom is 0.415 e. The van der Waals surface area contributed by atoms with Gasteiger partial charge < -0.3 is 14.1 Å². The van der Waals surface area contributed by atoms with Crippen LogP contribution in [0.1, 0.15) is 64.2 Å². The zero-order valence-corrected chi connectivity index (χ0v) is 17.4. The van der Waals surface area contributed by atoms with Crippen LogP contribution >= 0.6 is 0 Å². The van der Waals surface area contributed by atoms with Crippen molar-refractivity contribution in [3.8, 4) is 5.75 Å². The molecular weight excluding hydrogens is 366 g/mol. The average Bonchev–Trinajstić information content (AvgIpc) is 3.23. The monoisotopic (exact) mass is 399 g/mol. The first kappa shape index (κ1) is 19.2. The van der Waals surface area contributed by atoms with Crippen LogP contribution in [0.5, 0.6) is 5.75 Å². The Morgan fingerprint density at radius 3 is 2.41 bits per heavy atom. The Hall–Kier alpha value is -1.78. The lowest BCUT2D eigenvalue weighted by Crippen LogP contribution is -2.49. The summed E-state index contributed by atoms with van der Waals surface area (Å²) < 4.78 is 10.2. The van der Waals surface area contributed by atoms with Crippen LogP contribution < -0.4 is 10.4 Å². The molecule has 0 radical (unpaired) electrons. The van der Waals surface area contributed by atoms with Gasteiger partial charge in [0.2, 0.25) is 0 Å². The predicted molar refractivity (Wildman–Crippen MR) is 110 cm³/mol. The maximum atomic E-state index is 12.6. The Labute approximate surface area is 172 Å². The number of hydrogen-bond acceptors (Lipinski definition) is 4. The molecule has 4 aliphatic carbocycles. The van der Waals surface area contributed by atoms with Crippen molar-refractivity contribution in [3.05, 3.63) is 28.8 Å². The molecule has 158 valence electrons. The molecule has 7 atom stereocenters. The van der Waals surface area contributed by atoms with Gasteiger partial charge in [0.1, 0.15) is 6.26 Å². The quantitative estimate of drug-likeness (QED) is 0.695. The number of fused-ring (bicyclic) bond motifs is 5. The highest BCUT2D eigenvalue weighted by Crippen LogP contribution is 2.58. The molecule has 0 aromatic carbocycles. The third-order valence-corrected chi connectivity index (χ3v) is 8.84. The summed E-state index contributed by atoms with van der Waals surface area (Å²) in [5, 5.41) is 0. The van der Waals surface area contributed by atoms with Gasteiger partial charge in [0.15, 0.2) is 5.75 Å². The van der Waals surface area contributed by atoms with Crippen molar-refractivity contribution < 1.29 is 13.9 Å². The first-order valence-electron chi connectivity index (χ1n) is 11.6. The molecule has 0 saturated heterocycles. The molecule has 1 amide bonds. The summed E-state index contributed by atoms with van der Waals surface area (Å²) in [6, 6.07) is 3.00. The number of carbonyl (C=O) groups excluding carboxylic acids is 1. The molecule has 1 aromatic heterocycles. The zero-order valence-electron chi connectivity index (χ0n) is 17.4. The van der Waals surface area contributed by atoms with E-state index in [1.165, 1.54) is 69.8 Å². The predicted octanol–water partition coefficient (Wildman–Crippen LogP) is 5.09. The fraction of sp³-hybridized carbons (Fsp3) is 0.750. The normalized spacial score (nSPS) is 38.4. The second-order valence-corrected chi connectivity index (χ2v) is 10.00. The maximum absolute atomic E-state index is 12.6. The molecule has 5 nitrogen and oxygen atoms in total. The van der Waals surface area contributed by atoms with Gasteiger partial charge in [-0.3, -0.25) is 0 Å². The van der Waals surface area contributed by atoms with E-state index in [4.69, 9.17) is 9.15 Å². The molecule has 0 N–H and O–H groups in total. The molecule has 1 aromatic rings. The summed E-state index contributed by atoms with van der Waals surface area (Å²) in [5.41, 5.74) is -0.446. The Balaban J connectivity index is 1.20. The molecule has 5 rings (SSSR count). The van der Waals surface area contributed by atoms with Crippen molar-refractivity contribution in [2.75, 3.05) is 7.05 Å². The number of nitrogens with zero attached hydrogens (tertiary/aromatic N) is 1. The number of carbonyl (C=O) groups is 1. The third kappa shape index (κ3) is 3.62. The average molecular weight is 400 g/mol. The van der Waals surface area contributed by atoms with Crippen LogP contribution in [-0.2, 0) is 0 Å². The van der Waals surface area contributed by atoms with E-state index in [-0.39, 0.29) is 17.9 Å². The second-order valence-electron chi connectivity index (χ2n) is 10.00. The molecule has 0 bridgehead atoms. The Morgan fingerprint density at radius 1 is 0.931 bits per heavy atom. The molecule has 4 aliphatic rings. The van der Waals surface area contributed by atoms with E-state index in [2.05, 4.69) is 0 Å². The van der Waals surface area contributed by atoms with Gasteiger partial charge in [-0.05, 0) is 92.9 Å². The third-order valence-electron chi connectivity index (χ3n) is 8.84. The lowest BCUT2D eigenvalue weighted by Gasteiger charge is -2.53. The molecule has 0 aliphatic heterocycles. The molecule has 4 fully saturated rings. The van der Waals surface area contributed by atoms with Gasteiger partial charge in [-0.2, -0.15) is 0 Å². The fourth-order valence-corrected chi connectivity index (χ4v) is 7.53. The molecule has 1 heterocycles. The number of amides is 1. The molecule has 29 heavy (non-hydrogen) atoms. The van der Waals surface area contributed by atoms with Crippen LogP contribution in [0, 0.1) is 35.5 Å². The second kappa shape index (κ2) is 7.81. The summed E-state index contributed by atoms with van der Waals surface area (Å²) in [5.74, 6) is 5.91. The van der Waals surface area contributed by atoms with Gasteiger partial charge in [0.05, 0.1) is 0 Å². The summed E-state index contributed by atoms with van der Waals surface area (Å²) in [6.45, 7) is 0. The van der Waals surface area contributed by atoms with Gasteiger partial charge in [0.25, 0.3) is 0 Å². The Bertz CT molecular complexity index is 784. The van der Waals surface area contributed by atoms with Gasteiger partial charge in [-0.25, -0.2) is 9.59 Å². The van der Waals surface area contributed by atoms with Crippen LogP contribution in [0.3, 0.4) is 0 Å². The zero-order chi connectivity index (χ0) is 20.0. The van der Waals surface area contributed by atoms with Gasteiger partial charge in [-0.15, -0.1) is 0 Å². The van der Waals surface area contributed by atoms with Crippen LogP contribution in [0.15, 0.2) is 27.6 Å². The Kier molecular flexibility index (Phi) is 5.17. The topological polar surface area (TPSA) is 59.8 Å². The van der Waals surface area contributed by atoms with E-state index < -0.39 is 5.63 Å². The highest BCUT2D eigenvalue weighted by Gasteiger charge is 2.49. The first-order chi connectivity index (χ1) is 14.1. The van der Waals surface area contributed by atoms with E-state index in [1.807, 2.05) is 7.05 Å². The van der Waals surface area contributed by atoms with E-state index >= 15 is 0 Å². The van der Waals surface area contributed by atoms with Crippen LogP contribution in [0.4, 0.5) is 4.79 Å². The van der Waals surface area contributed by atoms with Crippen LogP contribution in [0.2, 0.25) is 0 Å². The first-order valence-corrected chi connectivity index (χ1v) is 11.6. The minimum absolute atomic E-state index is 0.249. The minimum atomic E-state index is -0.446. The van der Waals surface area contributed by atoms with E-state index in [9.17, 15) is 9.59 Å². The van der Waals surface area contributed by atoms with E-state index in [0.29, 0.717) is 0 Å². The number of ether oxygens (including phenoxy) is 1. The summed E-state index contributed by atoms with van der Waals surface area (Å²) in [6.07, 6.45) is 14.4. The van der Waals surface area contributed by atoms with Crippen LogP contribution in [0.25, 0.3) is 0 Å². The standard InChI is InChI=1S/C24H33NO4/c1-25(24(27)29-18-8-12-23(26)28-14-18)17-7-11-20-16(13-17)6-10-21-19-4-2-3-15(19)5-9-22(20)21/h8,12,14-17,19-22H,2-7,9-11,13H2,1H3. The molecular formula is C24H33NO4. The fourth-order valence-electron chi connectivity index (χ4n) is 7.53. The lowest BCUT2D eigenvalue weighted by molar-refractivity contribution is -0.0322. The summed E-state index contributed by atoms with van der Waals surface area (Å²) >= 11 is 0. The highest BCUT2D eigenvalue weighted by molar-refractivity contribution is 5.70. The lowest BCUT2D eigenvalue weighted by atomic mass is 9.53. The molecule has 4 saturated carbocycles. The molecule has 7 unspecified atom stereocenters. The van der Waals surface area contributed by atoms with Crippen molar-refractivity contribution in [2.45, 2.75) is 70.3 Å². The highest BCUT2D eigenvalue weighted by atomic mass is 16.6. The van der Waals surface area contributed by atoms with Crippen LogP contribution in [-0.4, -0.2) is 24.1 Å². The molecule has 5 heteroatoms. The Morgan fingerprint density at radius 2 is 1.66 bits per heavy atom. The minimum Gasteiger partial charge on any atom is -0.427 e.